The Kier molecular flexibility index (Phi) is 13.1. The molecule has 4 aromatic carbocycles. The molecular formula is C44H47N5O5S4. The summed E-state index contributed by atoms with van der Waals surface area (Å²) < 4.78 is 15.9. The second-order valence-electron chi connectivity index (χ2n) is 15.0. The summed E-state index contributed by atoms with van der Waals surface area (Å²) in [5.41, 5.74) is 9.66. The lowest BCUT2D eigenvalue weighted by Crippen LogP contribution is -2.39. The maximum Gasteiger partial charge on any atom is 0.318 e. The van der Waals surface area contributed by atoms with Crippen LogP contribution in [0.1, 0.15) is 59.0 Å². The quantitative estimate of drug-likeness (QED) is 0.0965. The van der Waals surface area contributed by atoms with E-state index < -0.39 is 34.6 Å². The van der Waals surface area contributed by atoms with Crippen LogP contribution >= 0.6 is 46.2 Å². The van der Waals surface area contributed by atoms with E-state index in [1.807, 2.05) is 84.9 Å². The molecule has 0 spiro atoms. The first kappa shape index (κ1) is 40.9. The van der Waals surface area contributed by atoms with Crippen molar-refractivity contribution in [3.8, 4) is 0 Å². The number of rotatable bonds is 15. The highest BCUT2D eigenvalue weighted by Gasteiger charge is 2.36. The highest BCUT2D eigenvalue weighted by molar-refractivity contribution is 8.04. The number of fused-ring (bicyclic) bond motifs is 2. The topological polar surface area (TPSA) is 131 Å². The van der Waals surface area contributed by atoms with Gasteiger partial charge in [-0.15, -0.1) is 46.2 Å². The van der Waals surface area contributed by atoms with Gasteiger partial charge in [-0.25, -0.2) is 9.97 Å². The number of nitrogens with zero attached hydrogens (tertiary/aromatic N) is 4. The minimum Gasteiger partial charge on any atom is -0.480 e. The molecule has 58 heavy (non-hydrogen) atoms. The number of carboxylic acids is 1. The number of aliphatic carboxylic acids is 1. The molecule has 10 nitrogen and oxygen atoms in total. The molecule has 0 radical (unpaired) electrons. The summed E-state index contributed by atoms with van der Waals surface area (Å²) in [4.78, 5) is 42.3. The summed E-state index contributed by atoms with van der Waals surface area (Å²) in [6, 6.07) is 31.7. The third-order valence-corrected chi connectivity index (χ3v) is 15.6. The highest BCUT2D eigenvalue weighted by Crippen LogP contribution is 2.41. The van der Waals surface area contributed by atoms with E-state index in [0.29, 0.717) is 4.90 Å². The number of thiazole rings is 2. The second-order valence-corrected chi connectivity index (χ2v) is 19.6. The SMILES string of the molecule is CN1CCC(OC(c2cccc(SC(C(N)=O)C(Sc3cccc(C(OC4CCN(C)CC4)c4nc5ccccc5s4)c3)C(=O)O)c2)c2nc3ccccc3s2)CC1. The van der Waals surface area contributed by atoms with Crippen LogP contribution in [-0.4, -0.2) is 99.7 Å². The molecule has 302 valence electrons. The van der Waals surface area contributed by atoms with Gasteiger partial charge in [-0.2, -0.15) is 0 Å². The van der Waals surface area contributed by atoms with Crippen molar-refractivity contribution < 1.29 is 24.2 Å². The smallest absolute Gasteiger partial charge is 0.318 e. The number of amides is 1. The van der Waals surface area contributed by atoms with E-state index >= 15 is 0 Å². The summed E-state index contributed by atoms with van der Waals surface area (Å²) in [5, 5.41) is 10.1. The molecule has 1 amide bonds. The maximum atomic E-state index is 13.2. The van der Waals surface area contributed by atoms with E-state index in [-0.39, 0.29) is 12.2 Å². The van der Waals surface area contributed by atoms with Crippen LogP contribution in [0, 0.1) is 0 Å². The molecule has 0 saturated carbocycles. The van der Waals surface area contributed by atoms with Crippen molar-refractivity contribution in [2.24, 2.45) is 5.73 Å². The van der Waals surface area contributed by atoms with Gasteiger partial charge in [-0.1, -0.05) is 48.5 Å². The Morgan fingerprint density at radius 2 is 1.10 bits per heavy atom. The number of para-hydroxylation sites is 2. The van der Waals surface area contributed by atoms with E-state index in [0.717, 1.165) is 110 Å². The molecule has 2 aliphatic rings. The number of ether oxygens (including phenoxy) is 2. The largest absolute Gasteiger partial charge is 0.480 e. The molecule has 2 saturated heterocycles. The lowest BCUT2D eigenvalue weighted by molar-refractivity contribution is -0.137. The third kappa shape index (κ3) is 9.77. The molecule has 0 aliphatic carbocycles. The number of thioether (sulfide) groups is 2. The normalized spacial score (nSPS) is 18.3. The Bertz CT molecular complexity index is 2130. The van der Waals surface area contributed by atoms with Gasteiger partial charge in [0.2, 0.25) is 5.91 Å². The zero-order valence-electron chi connectivity index (χ0n) is 32.4. The van der Waals surface area contributed by atoms with Crippen molar-refractivity contribution in [2.75, 3.05) is 40.3 Å². The number of carbonyl (C=O) groups is 2. The zero-order chi connectivity index (χ0) is 40.2. The number of piperidine rings is 2. The fraction of sp³-hybridized carbons (Fsp3) is 0.364. The molecule has 0 bridgehead atoms. The lowest BCUT2D eigenvalue weighted by Gasteiger charge is -2.31. The highest BCUT2D eigenvalue weighted by atomic mass is 32.2. The molecule has 4 atom stereocenters. The molecular weight excluding hydrogens is 807 g/mol. The van der Waals surface area contributed by atoms with Crippen LogP contribution in [0.2, 0.25) is 0 Å². The number of hydrogen-bond donors (Lipinski definition) is 2. The van der Waals surface area contributed by atoms with E-state index in [1.165, 1.54) is 11.8 Å². The molecule has 3 N–H and O–H groups in total. The fourth-order valence-electron chi connectivity index (χ4n) is 7.50. The number of primary amides is 1. The predicted octanol–water partition coefficient (Wildman–Crippen LogP) is 8.50. The number of likely N-dealkylation sites (tertiary alicyclic amines) is 2. The zero-order valence-corrected chi connectivity index (χ0v) is 35.7. The summed E-state index contributed by atoms with van der Waals surface area (Å²) in [6.07, 6.45) is 2.93. The average Bonchev–Trinajstić information content (AvgIpc) is 3.86. The Balaban J connectivity index is 1.05. The Morgan fingerprint density at radius 3 is 1.52 bits per heavy atom. The molecule has 14 heteroatoms. The fourth-order valence-corrected chi connectivity index (χ4v) is 11.9. The van der Waals surface area contributed by atoms with Crippen LogP contribution in [0.5, 0.6) is 0 Å². The minimum atomic E-state index is -1.17. The minimum absolute atomic E-state index is 0.0618. The first-order valence-corrected chi connectivity index (χ1v) is 23.0. The lowest BCUT2D eigenvalue weighted by atomic mass is 10.1. The van der Waals surface area contributed by atoms with Crippen LogP contribution in [0.25, 0.3) is 20.4 Å². The van der Waals surface area contributed by atoms with Gasteiger partial charge in [0.15, 0.2) is 0 Å². The number of hydrogen-bond acceptors (Lipinski definition) is 12. The van der Waals surface area contributed by atoms with E-state index in [9.17, 15) is 14.7 Å². The van der Waals surface area contributed by atoms with Crippen molar-refractivity contribution in [1.82, 2.24) is 19.8 Å². The van der Waals surface area contributed by atoms with Gasteiger partial charge < -0.3 is 30.1 Å². The van der Waals surface area contributed by atoms with E-state index in [2.05, 4.69) is 36.0 Å². The van der Waals surface area contributed by atoms with Crippen molar-refractivity contribution in [2.45, 2.75) is 70.4 Å². The summed E-state index contributed by atoms with van der Waals surface area (Å²) in [7, 11) is 4.25. The maximum absolute atomic E-state index is 13.2. The van der Waals surface area contributed by atoms with Crippen LogP contribution < -0.4 is 5.73 Å². The second kappa shape index (κ2) is 18.6. The molecule has 2 fully saturated rings. The van der Waals surface area contributed by atoms with E-state index in [1.54, 1.807) is 22.7 Å². The van der Waals surface area contributed by atoms with Crippen LogP contribution in [0.3, 0.4) is 0 Å². The van der Waals surface area contributed by atoms with Gasteiger partial charge in [-0.3, -0.25) is 9.59 Å². The summed E-state index contributed by atoms with van der Waals surface area (Å²) >= 11 is 5.52. The standard InChI is InChI=1S/C44H47N5O5S4/c1-48-21-17-29(18-22-48)53-37(42-46-33-13-3-5-15-35(33)57-42)27-9-7-11-31(25-27)55-39(41(45)50)40(44(51)52)56-32-12-8-10-28(26-32)38(54-30-19-23-49(2)24-20-30)43-47-34-14-4-6-16-36(34)58-43/h3-16,25-26,29-30,37-40H,17-24H2,1-2H3,(H2,45,50)(H,51,52). The molecule has 2 aliphatic heterocycles. The number of aromatic nitrogens is 2. The van der Waals surface area contributed by atoms with Gasteiger partial charge in [0.25, 0.3) is 0 Å². The van der Waals surface area contributed by atoms with Gasteiger partial charge in [0, 0.05) is 36.0 Å². The summed E-state index contributed by atoms with van der Waals surface area (Å²) in [5.74, 6) is -1.82. The molecule has 8 rings (SSSR count). The molecule has 2 aromatic heterocycles. The monoisotopic (exact) mass is 853 g/mol. The van der Waals surface area contributed by atoms with Gasteiger partial charge >= 0.3 is 5.97 Å². The van der Waals surface area contributed by atoms with Gasteiger partial charge in [-0.05, 0) is 99.4 Å². The molecule has 4 heterocycles. The van der Waals surface area contributed by atoms with Gasteiger partial charge in [0.1, 0.15) is 32.7 Å². The first-order chi connectivity index (χ1) is 28.2. The van der Waals surface area contributed by atoms with Crippen molar-refractivity contribution >= 4 is 78.5 Å². The Morgan fingerprint density at radius 1 is 0.672 bits per heavy atom. The first-order valence-electron chi connectivity index (χ1n) is 19.6. The van der Waals surface area contributed by atoms with Crippen LogP contribution in [0.4, 0.5) is 0 Å². The molecule has 6 aromatic rings. The van der Waals surface area contributed by atoms with Crippen molar-refractivity contribution in [1.29, 1.82) is 0 Å². The average molecular weight is 854 g/mol. The van der Waals surface area contributed by atoms with E-state index in [4.69, 9.17) is 25.2 Å². The number of nitrogens with two attached hydrogens (primary N) is 1. The number of carbonyl (C=O) groups excluding carboxylic acids is 1. The van der Waals surface area contributed by atoms with Crippen molar-refractivity contribution in [3.05, 3.63) is 118 Å². The molecule has 4 unspecified atom stereocenters. The van der Waals surface area contributed by atoms with Crippen molar-refractivity contribution in [3.63, 3.8) is 0 Å². The number of carboxylic acid groups (broad SMARTS) is 1. The third-order valence-electron chi connectivity index (χ3n) is 10.7. The Hall–Kier alpha value is -3.86. The van der Waals surface area contributed by atoms with Crippen LogP contribution in [0.15, 0.2) is 107 Å². The van der Waals surface area contributed by atoms with Gasteiger partial charge in [0.05, 0.1) is 32.6 Å². The van der Waals surface area contributed by atoms with Crippen LogP contribution in [-0.2, 0) is 19.1 Å². The number of benzene rings is 4. The predicted molar refractivity (Wildman–Crippen MR) is 235 cm³/mol. The summed E-state index contributed by atoms with van der Waals surface area (Å²) in [6.45, 7) is 3.82. The Labute approximate surface area is 355 Å².